The molecule has 0 aromatic heterocycles. The van der Waals surface area contributed by atoms with Gasteiger partial charge < -0.3 is 15.4 Å². The van der Waals surface area contributed by atoms with Crippen LogP contribution in [0.4, 0.5) is 0 Å². The number of halogens is 1. The van der Waals surface area contributed by atoms with Gasteiger partial charge in [-0.25, -0.2) is 0 Å². The first kappa shape index (κ1) is 16.4. The molecule has 0 radical (unpaired) electrons. The summed E-state index contributed by atoms with van der Waals surface area (Å²) < 4.78 is 5.23. The van der Waals surface area contributed by atoms with Gasteiger partial charge in [0.25, 0.3) is 0 Å². The highest BCUT2D eigenvalue weighted by molar-refractivity contribution is 5.85. The lowest BCUT2D eigenvalue weighted by atomic mass is 9.98. The molecule has 1 heterocycles. The van der Waals surface area contributed by atoms with E-state index in [2.05, 4.69) is 34.9 Å². The lowest BCUT2D eigenvalue weighted by Gasteiger charge is -2.23. The Morgan fingerprint density at radius 1 is 1.21 bits per heavy atom. The number of hydrogen-bond donors (Lipinski definition) is 2. The van der Waals surface area contributed by atoms with Gasteiger partial charge in [0.2, 0.25) is 0 Å². The molecule has 0 amide bonds. The van der Waals surface area contributed by atoms with Crippen molar-refractivity contribution >= 4 is 12.4 Å². The highest BCUT2D eigenvalue weighted by Gasteiger charge is 2.12. The van der Waals surface area contributed by atoms with E-state index in [-0.39, 0.29) is 12.4 Å². The average molecular weight is 285 g/mol. The summed E-state index contributed by atoms with van der Waals surface area (Å²) in [6, 6.07) is 8.50. The smallest absolute Gasteiger partial charge is 0.0716 e. The number of piperidine rings is 1. The van der Waals surface area contributed by atoms with Crippen LogP contribution in [0.2, 0.25) is 0 Å². The number of ether oxygens (including phenoxy) is 1. The molecule has 1 saturated heterocycles. The maximum absolute atomic E-state index is 5.23. The Hall–Kier alpha value is -0.610. The molecule has 2 rings (SSSR count). The van der Waals surface area contributed by atoms with Crippen molar-refractivity contribution in [3.63, 3.8) is 0 Å². The van der Waals surface area contributed by atoms with Crippen LogP contribution < -0.4 is 10.6 Å². The standard InChI is InChI=1S/C15H24N2O.ClH/c1-18-12-15-5-3-2-4-14(15)11-17-10-13-6-8-16-9-7-13;/h2-5,13,16-17H,6-12H2,1H3;1H. The number of hydrogen-bond acceptors (Lipinski definition) is 3. The van der Waals surface area contributed by atoms with Crippen LogP contribution in [0.1, 0.15) is 24.0 Å². The van der Waals surface area contributed by atoms with Gasteiger partial charge in [0.15, 0.2) is 0 Å². The lowest BCUT2D eigenvalue weighted by molar-refractivity contribution is 0.184. The maximum atomic E-state index is 5.23. The van der Waals surface area contributed by atoms with Crippen LogP contribution in [0, 0.1) is 5.92 Å². The van der Waals surface area contributed by atoms with Gasteiger partial charge in [-0.1, -0.05) is 24.3 Å². The third kappa shape index (κ3) is 5.49. The molecule has 3 nitrogen and oxygen atoms in total. The minimum atomic E-state index is 0. The monoisotopic (exact) mass is 284 g/mol. The molecule has 1 aliphatic rings. The molecule has 0 aliphatic carbocycles. The highest BCUT2D eigenvalue weighted by Crippen LogP contribution is 2.12. The van der Waals surface area contributed by atoms with E-state index in [1.807, 2.05) is 0 Å². The third-order valence-corrected chi connectivity index (χ3v) is 3.63. The molecule has 0 atom stereocenters. The normalized spacial score (nSPS) is 16.1. The first-order valence-corrected chi connectivity index (χ1v) is 6.87. The van der Waals surface area contributed by atoms with E-state index in [1.165, 1.54) is 37.1 Å². The van der Waals surface area contributed by atoms with Crippen LogP contribution in [-0.2, 0) is 17.9 Å². The Morgan fingerprint density at radius 3 is 2.58 bits per heavy atom. The minimum Gasteiger partial charge on any atom is -0.380 e. The Bertz CT molecular complexity index is 354. The molecule has 1 aliphatic heterocycles. The average Bonchev–Trinajstić information content (AvgIpc) is 2.42. The zero-order valence-electron chi connectivity index (χ0n) is 11.7. The van der Waals surface area contributed by atoms with Crippen LogP contribution in [-0.4, -0.2) is 26.7 Å². The molecule has 1 aromatic carbocycles. The van der Waals surface area contributed by atoms with Crippen molar-refractivity contribution in [3.8, 4) is 0 Å². The summed E-state index contributed by atoms with van der Waals surface area (Å²) in [7, 11) is 1.75. The maximum Gasteiger partial charge on any atom is 0.0716 e. The molecule has 19 heavy (non-hydrogen) atoms. The van der Waals surface area contributed by atoms with E-state index < -0.39 is 0 Å². The van der Waals surface area contributed by atoms with E-state index in [9.17, 15) is 0 Å². The molecule has 2 N–H and O–H groups in total. The van der Waals surface area contributed by atoms with E-state index in [0.29, 0.717) is 6.61 Å². The van der Waals surface area contributed by atoms with E-state index in [1.54, 1.807) is 7.11 Å². The fourth-order valence-electron chi connectivity index (χ4n) is 2.52. The van der Waals surface area contributed by atoms with Crippen LogP contribution in [0.5, 0.6) is 0 Å². The fraction of sp³-hybridized carbons (Fsp3) is 0.600. The Morgan fingerprint density at radius 2 is 1.89 bits per heavy atom. The molecule has 108 valence electrons. The SMILES string of the molecule is COCc1ccccc1CNCC1CCNCC1.Cl. The lowest BCUT2D eigenvalue weighted by Crippen LogP contribution is -2.33. The zero-order valence-corrected chi connectivity index (χ0v) is 12.5. The predicted octanol–water partition coefficient (Wildman–Crippen LogP) is 2.34. The largest absolute Gasteiger partial charge is 0.380 e. The van der Waals surface area contributed by atoms with Crippen molar-refractivity contribution in [1.29, 1.82) is 0 Å². The van der Waals surface area contributed by atoms with Gasteiger partial charge in [-0.2, -0.15) is 0 Å². The summed E-state index contributed by atoms with van der Waals surface area (Å²) in [6.07, 6.45) is 2.60. The van der Waals surface area contributed by atoms with Gasteiger partial charge in [0.1, 0.15) is 0 Å². The number of rotatable bonds is 6. The summed E-state index contributed by atoms with van der Waals surface area (Å²) in [4.78, 5) is 0. The van der Waals surface area contributed by atoms with Crippen LogP contribution >= 0.6 is 12.4 Å². The first-order valence-electron chi connectivity index (χ1n) is 6.87. The van der Waals surface area contributed by atoms with Crippen molar-refractivity contribution in [2.24, 2.45) is 5.92 Å². The summed E-state index contributed by atoms with van der Waals surface area (Å²) >= 11 is 0. The number of methoxy groups -OCH3 is 1. The van der Waals surface area contributed by atoms with E-state index in [4.69, 9.17) is 4.74 Å². The Labute approximate surface area is 122 Å². The van der Waals surface area contributed by atoms with Crippen molar-refractivity contribution < 1.29 is 4.74 Å². The molecule has 0 saturated carbocycles. The fourth-order valence-corrected chi connectivity index (χ4v) is 2.52. The second-order valence-electron chi connectivity index (χ2n) is 5.03. The Balaban J connectivity index is 0.00000180. The van der Waals surface area contributed by atoms with Crippen molar-refractivity contribution in [3.05, 3.63) is 35.4 Å². The molecule has 4 heteroatoms. The third-order valence-electron chi connectivity index (χ3n) is 3.63. The molecular formula is C15H25ClN2O. The second kappa shape index (κ2) is 9.32. The van der Waals surface area contributed by atoms with E-state index in [0.717, 1.165) is 19.0 Å². The van der Waals surface area contributed by atoms with Crippen LogP contribution in [0.3, 0.4) is 0 Å². The second-order valence-corrected chi connectivity index (χ2v) is 5.03. The predicted molar refractivity (Wildman–Crippen MR) is 81.7 cm³/mol. The molecular weight excluding hydrogens is 260 g/mol. The molecule has 0 spiro atoms. The molecule has 0 bridgehead atoms. The zero-order chi connectivity index (χ0) is 12.6. The number of nitrogens with one attached hydrogen (secondary N) is 2. The van der Waals surface area contributed by atoms with E-state index >= 15 is 0 Å². The summed E-state index contributed by atoms with van der Waals surface area (Å²) in [6.45, 7) is 5.12. The topological polar surface area (TPSA) is 33.3 Å². The van der Waals surface area contributed by atoms with Crippen molar-refractivity contribution in [2.45, 2.75) is 26.0 Å². The quantitative estimate of drug-likeness (QED) is 0.841. The van der Waals surface area contributed by atoms with Crippen LogP contribution in [0.15, 0.2) is 24.3 Å². The van der Waals surface area contributed by atoms with Gasteiger partial charge in [-0.15, -0.1) is 12.4 Å². The molecule has 1 aromatic rings. The minimum absolute atomic E-state index is 0. The summed E-state index contributed by atoms with van der Waals surface area (Å²) in [5.74, 6) is 0.834. The van der Waals surface area contributed by atoms with Gasteiger partial charge in [0.05, 0.1) is 6.61 Å². The van der Waals surface area contributed by atoms with Crippen LogP contribution in [0.25, 0.3) is 0 Å². The van der Waals surface area contributed by atoms with Crippen molar-refractivity contribution in [1.82, 2.24) is 10.6 Å². The Kier molecular flexibility index (Phi) is 8.07. The van der Waals surface area contributed by atoms with Gasteiger partial charge >= 0.3 is 0 Å². The van der Waals surface area contributed by atoms with Gasteiger partial charge in [-0.05, 0) is 49.5 Å². The first-order chi connectivity index (χ1) is 8.90. The summed E-state index contributed by atoms with van der Waals surface area (Å²) in [5, 5.41) is 6.99. The van der Waals surface area contributed by atoms with Gasteiger partial charge in [-0.3, -0.25) is 0 Å². The van der Waals surface area contributed by atoms with Gasteiger partial charge in [0, 0.05) is 13.7 Å². The number of benzene rings is 1. The highest BCUT2D eigenvalue weighted by atomic mass is 35.5. The van der Waals surface area contributed by atoms with Crippen molar-refractivity contribution in [2.75, 3.05) is 26.7 Å². The molecule has 0 unspecified atom stereocenters. The molecule has 1 fully saturated rings. The summed E-state index contributed by atoms with van der Waals surface area (Å²) in [5.41, 5.74) is 2.64.